The molecule has 0 amide bonds. The Bertz CT molecular complexity index is 567. The van der Waals surface area contributed by atoms with Crippen LogP contribution in [0.25, 0.3) is 11.3 Å². The number of pyridine rings is 1. The first kappa shape index (κ1) is 10.4. The van der Waals surface area contributed by atoms with Crippen LogP contribution in [0.5, 0.6) is 0 Å². The topological polar surface area (TPSA) is 49.9 Å². The van der Waals surface area contributed by atoms with E-state index in [0.717, 1.165) is 11.3 Å². The van der Waals surface area contributed by atoms with E-state index < -0.39 is 0 Å². The minimum absolute atomic E-state index is 0.0353. The molecule has 1 aromatic heterocycles. The third kappa shape index (κ3) is 2.08. The fraction of sp³-hybridized carbons (Fsp3) is 0.0769. The SMILES string of the molecule is CC(=O)c1ccc(-c2cc(=O)cc[nH]2)cc1. The molecule has 0 atom stereocenters. The van der Waals surface area contributed by atoms with Gasteiger partial charge in [0.2, 0.25) is 0 Å². The van der Waals surface area contributed by atoms with Crippen LogP contribution in [0.4, 0.5) is 0 Å². The van der Waals surface area contributed by atoms with Gasteiger partial charge in [-0.3, -0.25) is 9.59 Å². The van der Waals surface area contributed by atoms with Crippen molar-refractivity contribution >= 4 is 5.78 Å². The number of H-pyrrole nitrogens is 1. The van der Waals surface area contributed by atoms with Gasteiger partial charge in [-0.25, -0.2) is 0 Å². The molecule has 0 fully saturated rings. The normalized spacial score (nSPS) is 10.1. The van der Waals surface area contributed by atoms with Crippen LogP contribution in [0.2, 0.25) is 0 Å². The molecule has 1 heterocycles. The summed E-state index contributed by atoms with van der Waals surface area (Å²) in [5, 5.41) is 0. The summed E-state index contributed by atoms with van der Waals surface area (Å²) in [6.07, 6.45) is 1.61. The predicted octanol–water partition coefficient (Wildman–Crippen LogP) is 2.24. The molecular weight excluding hydrogens is 202 g/mol. The molecule has 3 nitrogen and oxygen atoms in total. The lowest BCUT2D eigenvalue weighted by molar-refractivity contribution is 0.101. The van der Waals surface area contributed by atoms with Crippen LogP contribution in [0.1, 0.15) is 17.3 Å². The summed E-state index contributed by atoms with van der Waals surface area (Å²) in [6.45, 7) is 1.53. The van der Waals surface area contributed by atoms with E-state index in [9.17, 15) is 9.59 Å². The van der Waals surface area contributed by atoms with Gasteiger partial charge in [-0.05, 0) is 12.5 Å². The van der Waals surface area contributed by atoms with Crippen LogP contribution in [0, 0.1) is 0 Å². The number of benzene rings is 1. The van der Waals surface area contributed by atoms with Crippen molar-refractivity contribution in [3.05, 3.63) is 58.4 Å². The number of rotatable bonds is 2. The lowest BCUT2D eigenvalue weighted by atomic mass is 10.1. The van der Waals surface area contributed by atoms with Crippen molar-refractivity contribution in [1.82, 2.24) is 4.98 Å². The summed E-state index contributed by atoms with van der Waals surface area (Å²) in [7, 11) is 0. The zero-order valence-corrected chi connectivity index (χ0v) is 8.86. The van der Waals surface area contributed by atoms with Gasteiger partial charge in [0.15, 0.2) is 11.2 Å². The molecule has 0 aliphatic heterocycles. The molecule has 2 aromatic rings. The number of hydrogen-bond donors (Lipinski definition) is 1. The first-order valence-corrected chi connectivity index (χ1v) is 4.97. The third-order valence-electron chi connectivity index (χ3n) is 2.38. The van der Waals surface area contributed by atoms with Gasteiger partial charge in [0, 0.05) is 29.6 Å². The van der Waals surface area contributed by atoms with Gasteiger partial charge in [0.1, 0.15) is 0 Å². The van der Waals surface area contributed by atoms with Crippen LogP contribution >= 0.6 is 0 Å². The van der Waals surface area contributed by atoms with Crippen LogP contribution in [-0.4, -0.2) is 10.8 Å². The Hall–Kier alpha value is -2.16. The molecule has 1 N–H and O–H groups in total. The fourth-order valence-corrected chi connectivity index (χ4v) is 1.50. The van der Waals surface area contributed by atoms with Crippen LogP contribution in [-0.2, 0) is 0 Å². The van der Waals surface area contributed by atoms with Gasteiger partial charge in [0.25, 0.3) is 0 Å². The van der Waals surface area contributed by atoms with E-state index in [1.165, 1.54) is 19.1 Å². The summed E-state index contributed by atoms with van der Waals surface area (Å²) in [4.78, 5) is 25.2. The molecule has 0 aliphatic carbocycles. The number of aromatic nitrogens is 1. The number of carbonyl (C=O) groups is 1. The van der Waals surface area contributed by atoms with E-state index in [1.54, 1.807) is 18.3 Å². The third-order valence-corrected chi connectivity index (χ3v) is 2.38. The smallest absolute Gasteiger partial charge is 0.182 e. The van der Waals surface area contributed by atoms with Crippen LogP contribution in [0.15, 0.2) is 47.4 Å². The summed E-state index contributed by atoms with van der Waals surface area (Å²) < 4.78 is 0. The molecule has 0 spiro atoms. The molecule has 16 heavy (non-hydrogen) atoms. The average molecular weight is 213 g/mol. The summed E-state index contributed by atoms with van der Waals surface area (Å²) in [5.41, 5.74) is 2.27. The van der Waals surface area contributed by atoms with Gasteiger partial charge >= 0.3 is 0 Å². The van der Waals surface area contributed by atoms with E-state index in [0.29, 0.717) is 5.56 Å². The minimum atomic E-state index is -0.0376. The maximum Gasteiger partial charge on any atom is 0.182 e. The highest BCUT2D eigenvalue weighted by atomic mass is 16.1. The van der Waals surface area contributed by atoms with Crippen molar-refractivity contribution in [3.63, 3.8) is 0 Å². The molecule has 0 bridgehead atoms. The lowest BCUT2D eigenvalue weighted by Crippen LogP contribution is -1.98. The Morgan fingerprint density at radius 2 is 1.81 bits per heavy atom. The molecule has 0 aliphatic rings. The second-order valence-electron chi connectivity index (χ2n) is 3.57. The molecule has 3 heteroatoms. The number of aromatic amines is 1. The summed E-state index contributed by atoms with van der Waals surface area (Å²) in [6, 6.07) is 10.1. The highest BCUT2D eigenvalue weighted by Crippen LogP contribution is 2.15. The summed E-state index contributed by atoms with van der Waals surface area (Å²) >= 11 is 0. The van der Waals surface area contributed by atoms with E-state index in [4.69, 9.17) is 0 Å². The standard InChI is InChI=1S/C13H11NO2/c1-9(15)10-2-4-11(5-3-10)13-8-12(16)6-7-14-13/h2-8H,1H3,(H,14,16). The van der Waals surface area contributed by atoms with Crippen molar-refractivity contribution < 1.29 is 4.79 Å². The van der Waals surface area contributed by atoms with Crippen molar-refractivity contribution in [2.45, 2.75) is 6.92 Å². The first-order valence-electron chi connectivity index (χ1n) is 4.97. The molecule has 80 valence electrons. The number of Topliss-reactive ketones (excluding diaryl/α,β-unsaturated/α-hetero) is 1. The highest BCUT2D eigenvalue weighted by Gasteiger charge is 2.01. The van der Waals surface area contributed by atoms with E-state index in [-0.39, 0.29) is 11.2 Å². The second-order valence-corrected chi connectivity index (χ2v) is 3.57. The van der Waals surface area contributed by atoms with Gasteiger partial charge in [-0.2, -0.15) is 0 Å². The molecule has 0 unspecified atom stereocenters. The maximum atomic E-state index is 11.2. The van der Waals surface area contributed by atoms with Crippen molar-refractivity contribution in [1.29, 1.82) is 0 Å². The predicted molar refractivity (Wildman–Crippen MR) is 62.5 cm³/mol. The van der Waals surface area contributed by atoms with Crippen molar-refractivity contribution in [2.24, 2.45) is 0 Å². The zero-order chi connectivity index (χ0) is 11.5. The molecule has 2 rings (SSSR count). The Morgan fingerprint density at radius 1 is 1.12 bits per heavy atom. The monoisotopic (exact) mass is 213 g/mol. The number of hydrogen-bond acceptors (Lipinski definition) is 2. The number of ketones is 1. The largest absolute Gasteiger partial charge is 0.361 e. The fourth-order valence-electron chi connectivity index (χ4n) is 1.50. The Kier molecular flexibility index (Phi) is 2.68. The Morgan fingerprint density at radius 3 is 2.38 bits per heavy atom. The average Bonchev–Trinajstić information content (AvgIpc) is 2.29. The van der Waals surface area contributed by atoms with Gasteiger partial charge in [0.05, 0.1) is 0 Å². The molecule has 1 aromatic carbocycles. The van der Waals surface area contributed by atoms with Gasteiger partial charge in [-0.15, -0.1) is 0 Å². The van der Waals surface area contributed by atoms with Gasteiger partial charge < -0.3 is 4.98 Å². The van der Waals surface area contributed by atoms with Crippen LogP contribution in [0.3, 0.4) is 0 Å². The van der Waals surface area contributed by atoms with E-state index >= 15 is 0 Å². The molecule has 0 saturated carbocycles. The van der Waals surface area contributed by atoms with Crippen molar-refractivity contribution in [2.75, 3.05) is 0 Å². The zero-order valence-electron chi connectivity index (χ0n) is 8.86. The minimum Gasteiger partial charge on any atom is -0.361 e. The Labute approximate surface area is 92.8 Å². The molecule has 0 saturated heterocycles. The van der Waals surface area contributed by atoms with E-state index in [1.807, 2.05) is 12.1 Å². The highest BCUT2D eigenvalue weighted by molar-refractivity contribution is 5.94. The van der Waals surface area contributed by atoms with Crippen LogP contribution < -0.4 is 5.43 Å². The lowest BCUT2D eigenvalue weighted by Gasteiger charge is -2.01. The molecule has 0 radical (unpaired) electrons. The van der Waals surface area contributed by atoms with Crippen molar-refractivity contribution in [3.8, 4) is 11.3 Å². The first-order chi connectivity index (χ1) is 7.66. The van der Waals surface area contributed by atoms with E-state index in [2.05, 4.69) is 4.98 Å². The van der Waals surface area contributed by atoms with Gasteiger partial charge in [-0.1, -0.05) is 24.3 Å². The maximum absolute atomic E-state index is 11.2. The summed E-state index contributed by atoms with van der Waals surface area (Å²) in [5.74, 6) is 0.0353. The number of nitrogens with one attached hydrogen (secondary N) is 1. The molecular formula is C13H11NO2. The second kappa shape index (κ2) is 4.14. The quantitative estimate of drug-likeness (QED) is 0.778. The Balaban J connectivity index is 2.42. The number of carbonyl (C=O) groups excluding carboxylic acids is 1.